The van der Waals surface area contributed by atoms with E-state index in [4.69, 9.17) is 0 Å². The molecule has 0 spiro atoms. The van der Waals surface area contributed by atoms with E-state index in [9.17, 15) is 18.0 Å². The van der Waals surface area contributed by atoms with Gasteiger partial charge in [0.2, 0.25) is 5.91 Å². The van der Waals surface area contributed by atoms with Crippen molar-refractivity contribution in [1.29, 1.82) is 0 Å². The number of aryl methyl sites for hydroxylation is 2. The Morgan fingerprint density at radius 1 is 1.28 bits per heavy atom. The molecular formula is C14H16Br2F3N5O. The average molecular weight is 487 g/mol. The first-order chi connectivity index (χ1) is 11.6. The Kier molecular flexibility index (Phi) is 6.30. The highest BCUT2D eigenvalue weighted by Gasteiger charge is 2.38. The molecule has 11 heteroatoms. The summed E-state index contributed by atoms with van der Waals surface area (Å²) in [4.78, 5) is 11.9. The maximum atomic E-state index is 12.8. The van der Waals surface area contributed by atoms with Crippen molar-refractivity contribution in [2.24, 2.45) is 0 Å². The lowest BCUT2D eigenvalue weighted by atomic mass is 10.3. The third-order valence-electron chi connectivity index (χ3n) is 3.47. The zero-order chi connectivity index (χ0) is 18.8. The largest absolute Gasteiger partial charge is 0.436 e. The Labute approximate surface area is 159 Å². The van der Waals surface area contributed by atoms with Crippen molar-refractivity contribution < 1.29 is 18.0 Å². The van der Waals surface area contributed by atoms with E-state index in [2.05, 4.69) is 47.4 Å². The van der Waals surface area contributed by atoms with E-state index in [0.717, 1.165) is 14.8 Å². The van der Waals surface area contributed by atoms with Gasteiger partial charge in [0.25, 0.3) is 0 Å². The van der Waals surface area contributed by atoms with E-state index in [1.54, 1.807) is 4.68 Å². The van der Waals surface area contributed by atoms with Crippen LogP contribution in [0.2, 0.25) is 0 Å². The van der Waals surface area contributed by atoms with Gasteiger partial charge in [-0.1, -0.05) is 0 Å². The van der Waals surface area contributed by atoms with Gasteiger partial charge in [0.1, 0.15) is 6.54 Å². The maximum Gasteiger partial charge on any atom is 0.436 e. The highest BCUT2D eigenvalue weighted by atomic mass is 79.9. The summed E-state index contributed by atoms with van der Waals surface area (Å²) < 4.78 is 42.0. The van der Waals surface area contributed by atoms with Gasteiger partial charge >= 0.3 is 6.18 Å². The maximum absolute atomic E-state index is 12.8. The van der Waals surface area contributed by atoms with Gasteiger partial charge in [-0.2, -0.15) is 23.4 Å². The van der Waals surface area contributed by atoms with E-state index in [1.165, 1.54) is 6.92 Å². The molecule has 0 aliphatic rings. The number of nitrogens with one attached hydrogen (secondary N) is 1. The fourth-order valence-corrected chi connectivity index (χ4v) is 2.95. The van der Waals surface area contributed by atoms with Crippen molar-refractivity contribution in [1.82, 2.24) is 24.9 Å². The number of carbonyl (C=O) groups excluding carboxylic acids is 1. The van der Waals surface area contributed by atoms with E-state index in [0.29, 0.717) is 19.5 Å². The number of hydrogen-bond acceptors (Lipinski definition) is 3. The molecule has 1 amide bonds. The van der Waals surface area contributed by atoms with Crippen LogP contribution < -0.4 is 5.32 Å². The Morgan fingerprint density at radius 2 is 1.96 bits per heavy atom. The third kappa shape index (κ3) is 5.06. The van der Waals surface area contributed by atoms with Crippen LogP contribution in [0, 0.1) is 13.8 Å². The van der Waals surface area contributed by atoms with Gasteiger partial charge in [0, 0.05) is 19.3 Å². The number of halogens is 5. The number of rotatable bonds is 6. The predicted molar refractivity (Wildman–Crippen MR) is 92.0 cm³/mol. The van der Waals surface area contributed by atoms with Gasteiger partial charge in [-0.3, -0.25) is 14.2 Å². The number of hydrogen-bond donors (Lipinski definition) is 1. The number of carbonyl (C=O) groups is 1. The SMILES string of the molecule is Cc1nn(CCCNC(=O)Cn2nc(C(F)(F)F)c(Br)c2C)cc1Br. The first kappa shape index (κ1) is 20.0. The molecule has 2 heterocycles. The zero-order valence-corrected chi connectivity index (χ0v) is 16.7. The molecular weight excluding hydrogens is 471 g/mol. The van der Waals surface area contributed by atoms with Crippen LogP contribution in [0.5, 0.6) is 0 Å². The topological polar surface area (TPSA) is 64.7 Å². The van der Waals surface area contributed by atoms with Crippen molar-refractivity contribution in [3.05, 3.63) is 32.2 Å². The Morgan fingerprint density at radius 3 is 2.48 bits per heavy atom. The summed E-state index contributed by atoms with van der Waals surface area (Å²) >= 11 is 6.24. The standard InChI is InChI=1S/C14H16Br2F3N5O/c1-8-10(15)6-23(21-8)5-3-4-20-11(25)7-24-9(2)12(16)13(22-24)14(17,18)19/h6H,3-5,7H2,1-2H3,(H,20,25). The van der Waals surface area contributed by atoms with Crippen LogP contribution >= 0.6 is 31.9 Å². The molecule has 2 aromatic heterocycles. The molecule has 1 N–H and O–H groups in total. The van der Waals surface area contributed by atoms with Crippen LogP contribution in [0.25, 0.3) is 0 Å². The third-order valence-corrected chi connectivity index (χ3v) is 5.20. The molecule has 2 rings (SSSR count). The summed E-state index contributed by atoms with van der Waals surface area (Å²) in [6.45, 7) is 4.09. The molecule has 0 radical (unpaired) electrons. The molecule has 0 saturated carbocycles. The molecule has 0 unspecified atom stereocenters. The second kappa shape index (κ2) is 7.90. The molecule has 0 aromatic carbocycles. The molecule has 138 valence electrons. The van der Waals surface area contributed by atoms with E-state index in [1.807, 2.05) is 13.1 Å². The molecule has 2 aromatic rings. The van der Waals surface area contributed by atoms with Crippen LogP contribution in [0.15, 0.2) is 15.1 Å². The Hall–Kier alpha value is -1.36. The molecule has 0 aliphatic heterocycles. The molecule has 6 nitrogen and oxygen atoms in total. The predicted octanol–water partition coefficient (Wildman–Crippen LogP) is 3.45. The fraction of sp³-hybridized carbons (Fsp3) is 0.500. The highest BCUT2D eigenvalue weighted by molar-refractivity contribution is 9.10. The molecule has 25 heavy (non-hydrogen) atoms. The van der Waals surface area contributed by atoms with Gasteiger partial charge in [0.15, 0.2) is 5.69 Å². The van der Waals surface area contributed by atoms with E-state index < -0.39 is 17.8 Å². The van der Waals surface area contributed by atoms with Gasteiger partial charge in [-0.15, -0.1) is 0 Å². The summed E-state index contributed by atoms with van der Waals surface area (Å²) in [5.41, 5.74) is 0.0982. The first-order valence-electron chi connectivity index (χ1n) is 7.36. The first-order valence-corrected chi connectivity index (χ1v) is 8.94. The fourth-order valence-electron chi connectivity index (χ4n) is 2.13. The second-order valence-electron chi connectivity index (χ2n) is 5.43. The summed E-state index contributed by atoms with van der Waals surface area (Å²) in [7, 11) is 0. The van der Waals surface area contributed by atoms with Gasteiger partial charge < -0.3 is 5.32 Å². The average Bonchev–Trinajstić information content (AvgIpc) is 2.97. The smallest absolute Gasteiger partial charge is 0.354 e. The van der Waals surface area contributed by atoms with Crippen LogP contribution in [0.3, 0.4) is 0 Å². The monoisotopic (exact) mass is 485 g/mol. The van der Waals surface area contributed by atoms with E-state index >= 15 is 0 Å². The van der Waals surface area contributed by atoms with Crippen molar-refractivity contribution in [3.8, 4) is 0 Å². The van der Waals surface area contributed by atoms with Gasteiger partial charge in [-0.05, 0) is 52.1 Å². The van der Waals surface area contributed by atoms with Crippen molar-refractivity contribution in [2.75, 3.05) is 6.54 Å². The minimum atomic E-state index is -4.57. The van der Waals surface area contributed by atoms with Crippen molar-refractivity contribution in [2.45, 2.75) is 39.5 Å². The van der Waals surface area contributed by atoms with Crippen LogP contribution in [0.4, 0.5) is 13.2 Å². The molecule has 0 aliphatic carbocycles. The Balaban J connectivity index is 1.84. The highest BCUT2D eigenvalue weighted by Crippen LogP contribution is 2.35. The van der Waals surface area contributed by atoms with Crippen LogP contribution in [-0.4, -0.2) is 32.0 Å². The molecule has 0 fully saturated rings. The molecule has 0 atom stereocenters. The number of aromatic nitrogens is 4. The summed E-state index contributed by atoms with van der Waals surface area (Å²) in [6, 6.07) is 0. The summed E-state index contributed by atoms with van der Waals surface area (Å²) in [5, 5.41) is 10.4. The lowest BCUT2D eigenvalue weighted by molar-refractivity contribution is -0.142. The Bertz CT molecular complexity index is 750. The second-order valence-corrected chi connectivity index (χ2v) is 7.08. The number of amides is 1. The minimum Gasteiger partial charge on any atom is -0.354 e. The molecule has 0 saturated heterocycles. The van der Waals surface area contributed by atoms with Crippen molar-refractivity contribution >= 4 is 37.8 Å². The number of nitrogens with zero attached hydrogens (tertiary/aromatic N) is 4. The normalized spacial score (nSPS) is 11.8. The minimum absolute atomic E-state index is 0.146. The lowest BCUT2D eigenvalue weighted by Crippen LogP contribution is -2.29. The lowest BCUT2D eigenvalue weighted by Gasteiger charge is -2.07. The van der Waals surface area contributed by atoms with Crippen molar-refractivity contribution in [3.63, 3.8) is 0 Å². The van der Waals surface area contributed by atoms with Crippen LogP contribution in [0.1, 0.15) is 23.5 Å². The number of alkyl halides is 3. The summed E-state index contributed by atoms with van der Waals surface area (Å²) in [5.74, 6) is -0.398. The van der Waals surface area contributed by atoms with Gasteiger partial charge in [0.05, 0.1) is 20.3 Å². The van der Waals surface area contributed by atoms with Crippen LogP contribution in [-0.2, 0) is 24.1 Å². The zero-order valence-electron chi connectivity index (χ0n) is 13.5. The molecule has 0 bridgehead atoms. The summed E-state index contributed by atoms with van der Waals surface area (Å²) in [6.07, 6.45) is -2.07. The van der Waals surface area contributed by atoms with Gasteiger partial charge in [-0.25, -0.2) is 0 Å². The quantitative estimate of drug-likeness (QED) is 0.636. The van der Waals surface area contributed by atoms with E-state index in [-0.39, 0.29) is 16.7 Å².